The van der Waals surface area contributed by atoms with E-state index in [1.54, 1.807) is 0 Å². The number of ether oxygens (including phenoxy) is 5. The lowest BCUT2D eigenvalue weighted by Crippen LogP contribution is -2.35. The summed E-state index contributed by atoms with van der Waals surface area (Å²) in [4.78, 5) is 49.4. The van der Waals surface area contributed by atoms with Crippen LogP contribution in [-0.2, 0) is 38.1 Å². The minimum Gasteiger partial charge on any atom is -0.447 e. The van der Waals surface area contributed by atoms with Gasteiger partial charge in [-0.3, -0.25) is 9.63 Å². The highest BCUT2D eigenvalue weighted by Gasteiger charge is 2.16. The average molecular weight is 494 g/mol. The molecule has 0 radical (unpaired) electrons. The zero-order valence-corrected chi connectivity index (χ0v) is 20.1. The molecule has 0 aliphatic rings. The van der Waals surface area contributed by atoms with E-state index >= 15 is 0 Å². The summed E-state index contributed by atoms with van der Waals surface area (Å²) >= 11 is 0. The van der Waals surface area contributed by atoms with Gasteiger partial charge in [-0.1, -0.05) is 0 Å². The van der Waals surface area contributed by atoms with Crippen molar-refractivity contribution in [3.05, 3.63) is 13.2 Å². The van der Waals surface area contributed by atoms with Crippen molar-refractivity contribution in [1.29, 1.82) is 0 Å². The van der Waals surface area contributed by atoms with Gasteiger partial charge < -0.3 is 39.1 Å². The summed E-state index contributed by atoms with van der Waals surface area (Å²) in [5.41, 5.74) is 1.99. The Labute approximate surface area is 200 Å². The van der Waals surface area contributed by atoms with E-state index in [-0.39, 0.29) is 38.7 Å². The van der Waals surface area contributed by atoms with Gasteiger partial charge in [0.15, 0.2) is 0 Å². The molecule has 3 amide bonds. The van der Waals surface area contributed by atoms with Gasteiger partial charge in [-0.15, -0.1) is 13.2 Å². The molecule has 34 heavy (non-hydrogen) atoms. The van der Waals surface area contributed by atoms with Crippen LogP contribution in [0, 0.1) is 0 Å². The van der Waals surface area contributed by atoms with Gasteiger partial charge in [0.05, 0.1) is 20.3 Å². The summed E-state index contributed by atoms with van der Waals surface area (Å²) in [5.74, 6) is -0.161. The molecule has 0 aliphatic heterocycles. The summed E-state index contributed by atoms with van der Waals surface area (Å²) in [6.45, 7) is 7.67. The van der Waals surface area contributed by atoms with Crippen molar-refractivity contribution in [2.24, 2.45) is 0 Å². The minimum atomic E-state index is -0.821. The first-order valence-electron chi connectivity index (χ1n) is 10.8. The lowest BCUT2D eigenvalue weighted by atomic mass is 10.3. The number of hydrogen-bond donors (Lipinski definition) is 3. The third kappa shape index (κ3) is 23.9. The van der Waals surface area contributed by atoms with Crippen molar-refractivity contribution in [2.45, 2.75) is 31.8 Å². The molecule has 13 heteroatoms. The summed E-state index contributed by atoms with van der Waals surface area (Å²) in [7, 11) is 2.76. The Morgan fingerprint density at radius 1 is 0.882 bits per heavy atom. The van der Waals surface area contributed by atoms with Crippen molar-refractivity contribution in [3.63, 3.8) is 0 Å². The Balaban J connectivity index is 0. The molecule has 0 aromatic carbocycles. The largest absolute Gasteiger partial charge is 0.447 e. The number of rotatable bonds is 20. The van der Waals surface area contributed by atoms with Gasteiger partial charge in [0.2, 0.25) is 5.91 Å². The highest BCUT2D eigenvalue weighted by molar-refractivity contribution is 5.75. The van der Waals surface area contributed by atoms with Gasteiger partial charge in [-0.05, 0) is 12.8 Å². The molecular weight excluding hydrogens is 454 g/mol. The molecule has 0 aliphatic carbocycles. The second-order valence-corrected chi connectivity index (χ2v) is 6.29. The quantitative estimate of drug-likeness (QED) is 0.0954. The normalized spacial score (nSPS) is 10.8. The Morgan fingerprint density at radius 3 is 2.21 bits per heavy atom. The van der Waals surface area contributed by atoms with E-state index in [9.17, 15) is 19.2 Å². The molecule has 13 nitrogen and oxygen atoms in total. The molecule has 0 bridgehead atoms. The Hall–Kier alpha value is -2.74. The second-order valence-electron chi connectivity index (χ2n) is 6.29. The zero-order chi connectivity index (χ0) is 25.9. The number of carbonyl (C=O) groups is 4. The highest BCUT2D eigenvalue weighted by atomic mass is 16.7. The molecule has 3 N–H and O–H groups in total. The Kier molecular flexibility index (Phi) is 26.1. The van der Waals surface area contributed by atoms with Crippen molar-refractivity contribution >= 4 is 24.4 Å². The Morgan fingerprint density at radius 2 is 1.56 bits per heavy atom. The van der Waals surface area contributed by atoms with Gasteiger partial charge >= 0.3 is 12.2 Å². The van der Waals surface area contributed by atoms with Gasteiger partial charge in [-0.25, -0.2) is 9.59 Å². The maximum absolute atomic E-state index is 11.8. The van der Waals surface area contributed by atoms with E-state index in [1.165, 1.54) is 14.2 Å². The SMILES string of the molecule is C=C.COCCNC(=O)OCC(COC(=O)NOC)OCCCC(=O)NCCOCCCC=O. The van der Waals surface area contributed by atoms with Crippen LogP contribution >= 0.6 is 0 Å². The number of aldehydes is 1. The molecule has 1 atom stereocenters. The number of hydroxylamine groups is 1. The van der Waals surface area contributed by atoms with Crippen LogP contribution in [-0.4, -0.2) is 97.4 Å². The molecule has 0 aromatic heterocycles. The number of hydrogen-bond acceptors (Lipinski definition) is 10. The third-order valence-corrected chi connectivity index (χ3v) is 3.64. The summed E-state index contributed by atoms with van der Waals surface area (Å²) in [5, 5.41) is 5.20. The highest BCUT2D eigenvalue weighted by Crippen LogP contribution is 2.00. The van der Waals surface area contributed by atoms with E-state index in [4.69, 9.17) is 23.7 Å². The number of amides is 3. The average Bonchev–Trinajstić information content (AvgIpc) is 2.84. The van der Waals surface area contributed by atoms with Gasteiger partial charge in [0.1, 0.15) is 25.6 Å². The molecule has 0 saturated heterocycles. The fraction of sp³-hybridized carbons (Fsp3) is 0.714. The van der Waals surface area contributed by atoms with E-state index in [0.717, 1.165) is 6.29 Å². The molecule has 0 rings (SSSR count). The minimum absolute atomic E-state index is 0.160. The lowest BCUT2D eigenvalue weighted by molar-refractivity contribution is -0.121. The maximum atomic E-state index is 11.8. The first-order valence-corrected chi connectivity index (χ1v) is 10.8. The monoisotopic (exact) mass is 493 g/mol. The van der Waals surface area contributed by atoms with Crippen LogP contribution in [0.1, 0.15) is 25.7 Å². The summed E-state index contributed by atoms with van der Waals surface area (Å²) < 4.78 is 25.6. The van der Waals surface area contributed by atoms with E-state index in [1.807, 2.05) is 5.48 Å². The van der Waals surface area contributed by atoms with Gasteiger partial charge in [0.25, 0.3) is 0 Å². The van der Waals surface area contributed by atoms with E-state index in [2.05, 4.69) is 28.6 Å². The predicted molar refractivity (Wildman–Crippen MR) is 122 cm³/mol. The molecule has 0 heterocycles. The van der Waals surface area contributed by atoms with Crippen LogP contribution in [0.3, 0.4) is 0 Å². The number of methoxy groups -OCH3 is 1. The standard InChI is InChI=1S/C19H35N3O10.C2H4/c1-27-12-7-21-18(25)31-14-16(15-32-19(26)22-28-2)30-11-5-6-17(24)20-8-13-29-10-4-3-9-23;1-2/h9,16H,3-8,10-15H2,1-2H3,(H,20,24)(H,21,25)(H,22,26);1-2H2. The third-order valence-electron chi connectivity index (χ3n) is 3.64. The number of carbonyl (C=O) groups excluding carboxylic acids is 4. The summed E-state index contributed by atoms with van der Waals surface area (Å²) in [6.07, 6.45) is 0.373. The fourth-order valence-electron chi connectivity index (χ4n) is 2.11. The molecule has 1 unspecified atom stereocenters. The second kappa shape index (κ2) is 26.5. The van der Waals surface area contributed by atoms with Crippen LogP contribution in [0.25, 0.3) is 0 Å². The number of nitrogens with one attached hydrogen (secondary N) is 3. The molecule has 0 spiro atoms. The van der Waals surface area contributed by atoms with Crippen molar-refractivity contribution in [1.82, 2.24) is 16.1 Å². The van der Waals surface area contributed by atoms with Crippen molar-refractivity contribution in [2.75, 3.05) is 67.0 Å². The fourth-order valence-corrected chi connectivity index (χ4v) is 2.11. The van der Waals surface area contributed by atoms with Gasteiger partial charge in [0, 0.05) is 46.3 Å². The van der Waals surface area contributed by atoms with E-state index in [0.29, 0.717) is 45.6 Å². The van der Waals surface area contributed by atoms with Crippen LogP contribution in [0.15, 0.2) is 13.2 Å². The summed E-state index contributed by atoms with van der Waals surface area (Å²) in [6, 6.07) is 0. The van der Waals surface area contributed by atoms with Crippen molar-refractivity contribution in [3.8, 4) is 0 Å². The van der Waals surface area contributed by atoms with E-state index < -0.39 is 18.3 Å². The predicted octanol–water partition coefficient (Wildman–Crippen LogP) is 0.726. The molecule has 198 valence electrons. The number of alkyl carbamates (subject to hydrolysis) is 1. The number of unbranched alkanes of at least 4 members (excludes halogenated alkanes) is 1. The van der Waals surface area contributed by atoms with Crippen LogP contribution in [0.4, 0.5) is 9.59 Å². The van der Waals surface area contributed by atoms with Gasteiger partial charge in [-0.2, -0.15) is 5.48 Å². The molecule has 0 aromatic rings. The lowest BCUT2D eigenvalue weighted by Gasteiger charge is -2.18. The zero-order valence-electron chi connectivity index (χ0n) is 20.1. The molecular formula is C21H39N3O10. The first-order chi connectivity index (χ1) is 16.5. The maximum Gasteiger partial charge on any atom is 0.431 e. The van der Waals surface area contributed by atoms with Crippen LogP contribution < -0.4 is 16.1 Å². The Bertz CT molecular complexity index is 537. The topological polar surface area (TPSA) is 160 Å². The smallest absolute Gasteiger partial charge is 0.431 e. The van der Waals surface area contributed by atoms with Crippen molar-refractivity contribution < 1.29 is 47.7 Å². The first kappa shape index (κ1) is 33.4. The van der Waals surface area contributed by atoms with Crippen LogP contribution in [0.5, 0.6) is 0 Å². The van der Waals surface area contributed by atoms with Crippen LogP contribution in [0.2, 0.25) is 0 Å². The molecule has 0 fully saturated rings. The molecule has 0 saturated carbocycles.